The Labute approximate surface area is 129 Å². The number of ether oxygens (including phenoxy) is 1. The number of nitrogen functional groups attached to an aromatic ring is 1. The first-order valence-corrected chi connectivity index (χ1v) is 7.08. The van der Waals surface area contributed by atoms with Crippen molar-refractivity contribution in [3.63, 3.8) is 0 Å². The summed E-state index contributed by atoms with van der Waals surface area (Å²) in [7, 11) is 0. The second-order valence-electron chi connectivity index (χ2n) is 5.38. The lowest BCUT2D eigenvalue weighted by atomic mass is 10.2. The highest BCUT2D eigenvalue weighted by molar-refractivity contribution is 5.85. The molecule has 1 saturated heterocycles. The maximum absolute atomic E-state index is 14.5. The number of hydrogen-bond donors (Lipinski definition) is 2. The lowest BCUT2D eigenvalue weighted by molar-refractivity contribution is 0.0576. The van der Waals surface area contributed by atoms with Crippen molar-refractivity contribution in [3.8, 4) is 5.82 Å². The molecule has 1 fully saturated rings. The molecule has 1 aliphatic rings. The average Bonchev–Trinajstić information content (AvgIpc) is 3.26. The van der Waals surface area contributed by atoms with E-state index in [2.05, 4.69) is 20.2 Å². The van der Waals surface area contributed by atoms with Crippen LogP contribution in [-0.2, 0) is 4.74 Å². The van der Waals surface area contributed by atoms with Crippen LogP contribution in [0.5, 0.6) is 0 Å². The molecule has 3 aromatic rings. The standard InChI is InChI=1S/C13H14FN7O2/c14-9-2-21(7-1-8(3-22)23-4-7)12-10(9)11(18-13(15)19-12)20-5-16-17-6-20/h2,5-8,22H,1,3-4H2,(H2,15,18,19). The minimum Gasteiger partial charge on any atom is -0.394 e. The summed E-state index contributed by atoms with van der Waals surface area (Å²) in [5, 5.41) is 16.8. The van der Waals surface area contributed by atoms with Gasteiger partial charge in [0, 0.05) is 6.20 Å². The molecule has 4 heterocycles. The van der Waals surface area contributed by atoms with Gasteiger partial charge in [-0.3, -0.25) is 4.57 Å². The van der Waals surface area contributed by atoms with E-state index in [1.165, 1.54) is 23.4 Å². The van der Waals surface area contributed by atoms with Crippen LogP contribution >= 0.6 is 0 Å². The van der Waals surface area contributed by atoms with Crippen LogP contribution in [0.2, 0.25) is 0 Å². The first-order valence-electron chi connectivity index (χ1n) is 7.08. The number of anilines is 1. The first kappa shape index (κ1) is 14.0. The maximum atomic E-state index is 14.5. The van der Waals surface area contributed by atoms with Crippen LogP contribution in [0.3, 0.4) is 0 Å². The van der Waals surface area contributed by atoms with E-state index in [1.54, 1.807) is 4.57 Å². The topological polar surface area (TPSA) is 117 Å². The van der Waals surface area contributed by atoms with Gasteiger partial charge in [0.15, 0.2) is 17.3 Å². The van der Waals surface area contributed by atoms with Crippen molar-refractivity contribution in [2.75, 3.05) is 18.9 Å². The van der Waals surface area contributed by atoms with Crippen molar-refractivity contribution < 1.29 is 14.2 Å². The highest BCUT2D eigenvalue weighted by Crippen LogP contribution is 2.32. The van der Waals surface area contributed by atoms with Crippen LogP contribution in [0.15, 0.2) is 18.9 Å². The van der Waals surface area contributed by atoms with Gasteiger partial charge in [-0.15, -0.1) is 10.2 Å². The lowest BCUT2D eigenvalue weighted by Crippen LogP contribution is -2.12. The van der Waals surface area contributed by atoms with Crippen molar-refractivity contribution in [2.45, 2.75) is 18.6 Å². The number of nitrogens with zero attached hydrogens (tertiary/aromatic N) is 6. The number of aromatic nitrogens is 6. The minimum absolute atomic E-state index is 0.0261. The molecule has 1 aliphatic heterocycles. The SMILES string of the molecule is Nc1nc(-n2cnnc2)c2c(F)cn(C3COC(CO)C3)c2n1. The Bertz CT molecular complexity index is 848. The van der Waals surface area contributed by atoms with Crippen molar-refractivity contribution in [2.24, 2.45) is 0 Å². The maximum Gasteiger partial charge on any atom is 0.224 e. The molecule has 0 amide bonds. The monoisotopic (exact) mass is 319 g/mol. The minimum atomic E-state index is -0.462. The number of nitrogens with two attached hydrogens (primary N) is 1. The molecule has 0 saturated carbocycles. The van der Waals surface area contributed by atoms with Gasteiger partial charge in [0.2, 0.25) is 5.95 Å². The molecule has 2 atom stereocenters. The molecule has 120 valence electrons. The summed E-state index contributed by atoms with van der Waals surface area (Å²) in [6, 6.07) is -0.123. The molecule has 0 aliphatic carbocycles. The molecule has 4 rings (SSSR count). The predicted molar refractivity (Wildman–Crippen MR) is 77.3 cm³/mol. The number of rotatable bonds is 3. The summed E-state index contributed by atoms with van der Waals surface area (Å²) in [6.07, 6.45) is 4.51. The van der Waals surface area contributed by atoms with Crippen molar-refractivity contribution >= 4 is 17.0 Å². The molecule has 10 heteroatoms. The highest BCUT2D eigenvalue weighted by Gasteiger charge is 2.29. The molecular formula is C13H14FN7O2. The number of aliphatic hydroxyl groups excluding tert-OH is 1. The molecule has 3 aromatic heterocycles. The average molecular weight is 319 g/mol. The van der Waals surface area contributed by atoms with Crippen molar-refractivity contribution in [3.05, 3.63) is 24.7 Å². The Kier molecular flexibility index (Phi) is 3.20. The summed E-state index contributed by atoms with van der Waals surface area (Å²) in [4.78, 5) is 8.28. The van der Waals surface area contributed by atoms with E-state index in [1.807, 2.05) is 0 Å². The second-order valence-corrected chi connectivity index (χ2v) is 5.38. The summed E-state index contributed by atoms with van der Waals surface area (Å²) in [5.41, 5.74) is 6.16. The van der Waals surface area contributed by atoms with Gasteiger partial charge in [0.1, 0.15) is 12.7 Å². The van der Waals surface area contributed by atoms with Gasteiger partial charge in [-0.1, -0.05) is 0 Å². The zero-order valence-electron chi connectivity index (χ0n) is 12.0. The van der Waals surface area contributed by atoms with Gasteiger partial charge in [-0.05, 0) is 6.42 Å². The Morgan fingerprint density at radius 3 is 2.83 bits per heavy atom. The molecule has 0 radical (unpaired) electrons. The third-order valence-corrected chi connectivity index (χ3v) is 3.94. The smallest absolute Gasteiger partial charge is 0.224 e. The third kappa shape index (κ3) is 2.23. The van der Waals surface area contributed by atoms with Crippen LogP contribution in [0.1, 0.15) is 12.5 Å². The molecule has 23 heavy (non-hydrogen) atoms. The first-order chi connectivity index (χ1) is 11.2. The molecule has 0 aromatic carbocycles. The number of halogens is 1. The van der Waals surface area contributed by atoms with Crippen LogP contribution in [0, 0.1) is 5.82 Å². The summed E-state index contributed by atoms with van der Waals surface area (Å²) in [6.45, 7) is 0.307. The Balaban J connectivity index is 1.88. The van der Waals surface area contributed by atoms with E-state index in [-0.39, 0.29) is 35.9 Å². The summed E-state index contributed by atoms with van der Waals surface area (Å²) < 4.78 is 23.2. The Morgan fingerprint density at radius 2 is 2.13 bits per heavy atom. The molecular weight excluding hydrogens is 305 g/mol. The van der Waals surface area contributed by atoms with E-state index in [9.17, 15) is 9.50 Å². The van der Waals surface area contributed by atoms with Crippen LogP contribution in [0.25, 0.3) is 16.9 Å². The van der Waals surface area contributed by atoms with E-state index in [4.69, 9.17) is 10.5 Å². The van der Waals surface area contributed by atoms with E-state index >= 15 is 0 Å². The molecule has 3 N–H and O–H groups in total. The predicted octanol–water partition coefficient (Wildman–Crippen LogP) is 0.0556. The van der Waals surface area contributed by atoms with Gasteiger partial charge in [0.25, 0.3) is 0 Å². The fourth-order valence-electron chi connectivity index (χ4n) is 2.89. The molecule has 9 nitrogen and oxygen atoms in total. The van der Waals surface area contributed by atoms with E-state index in [0.717, 1.165) is 0 Å². The molecule has 0 bridgehead atoms. The fourth-order valence-corrected chi connectivity index (χ4v) is 2.89. The number of fused-ring (bicyclic) bond motifs is 1. The van der Waals surface area contributed by atoms with E-state index in [0.29, 0.717) is 18.7 Å². The fraction of sp³-hybridized carbons (Fsp3) is 0.385. The molecule has 0 spiro atoms. The normalized spacial score (nSPS) is 21.3. The van der Waals surface area contributed by atoms with Crippen LogP contribution < -0.4 is 5.73 Å². The largest absolute Gasteiger partial charge is 0.394 e. The lowest BCUT2D eigenvalue weighted by Gasteiger charge is -2.12. The van der Waals surface area contributed by atoms with Gasteiger partial charge in [-0.25, -0.2) is 4.39 Å². The number of aliphatic hydroxyl groups is 1. The Morgan fingerprint density at radius 1 is 1.35 bits per heavy atom. The van der Waals surface area contributed by atoms with Crippen LogP contribution in [0.4, 0.5) is 10.3 Å². The van der Waals surface area contributed by atoms with Crippen LogP contribution in [-0.4, -0.2) is 53.7 Å². The van der Waals surface area contributed by atoms with Crippen molar-refractivity contribution in [1.82, 2.24) is 29.3 Å². The third-order valence-electron chi connectivity index (χ3n) is 3.94. The highest BCUT2D eigenvalue weighted by atomic mass is 19.1. The van der Waals surface area contributed by atoms with Gasteiger partial charge < -0.3 is 20.1 Å². The van der Waals surface area contributed by atoms with Gasteiger partial charge in [-0.2, -0.15) is 9.97 Å². The Hall–Kier alpha value is -2.59. The quantitative estimate of drug-likeness (QED) is 0.700. The van der Waals surface area contributed by atoms with E-state index < -0.39 is 5.82 Å². The van der Waals surface area contributed by atoms with Gasteiger partial charge >= 0.3 is 0 Å². The van der Waals surface area contributed by atoms with Gasteiger partial charge in [0.05, 0.1) is 30.7 Å². The molecule has 2 unspecified atom stereocenters. The zero-order valence-corrected chi connectivity index (χ0v) is 12.0. The second kappa shape index (κ2) is 5.25. The zero-order chi connectivity index (χ0) is 16.0. The number of hydrogen-bond acceptors (Lipinski definition) is 7. The summed E-state index contributed by atoms with van der Waals surface area (Å²) >= 11 is 0. The van der Waals surface area contributed by atoms with Crippen molar-refractivity contribution in [1.29, 1.82) is 0 Å². The summed E-state index contributed by atoms with van der Waals surface area (Å²) in [5.74, 6) is -0.152.